The molecule has 1 unspecified atom stereocenters. The van der Waals surface area contributed by atoms with Crippen molar-refractivity contribution in [2.75, 3.05) is 6.61 Å². The van der Waals surface area contributed by atoms with E-state index < -0.39 is 38.5 Å². The summed E-state index contributed by atoms with van der Waals surface area (Å²) in [6.07, 6.45) is -1.63. The van der Waals surface area contributed by atoms with Gasteiger partial charge in [-0.05, 0) is 25.5 Å². The summed E-state index contributed by atoms with van der Waals surface area (Å²) in [6.45, 7) is 1.56. The summed E-state index contributed by atoms with van der Waals surface area (Å²) in [6, 6.07) is 5.79. The van der Waals surface area contributed by atoms with Gasteiger partial charge < -0.3 is 0 Å². The summed E-state index contributed by atoms with van der Waals surface area (Å²) < 4.78 is 90.0. The first kappa shape index (κ1) is 18.9. The summed E-state index contributed by atoms with van der Waals surface area (Å²) in [7, 11) is -10.0. The lowest BCUT2D eigenvalue weighted by Crippen LogP contribution is -2.31. The minimum Gasteiger partial charge on any atom is -0.264 e. The van der Waals surface area contributed by atoms with E-state index in [1.165, 1.54) is 25.1 Å². The molecule has 0 N–H and O–H groups in total. The number of rotatable bonds is 6. The summed E-state index contributed by atoms with van der Waals surface area (Å²) >= 11 is 0. The maximum atomic E-state index is 12.1. The van der Waals surface area contributed by atoms with Gasteiger partial charge in [-0.2, -0.15) is 30.0 Å². The van der Waals surface area contributed by atoms with Gasteiger partial charge in [0, 0.05) is 0 Å². The van der Waals surface area contributed by atoms with Gasteiger partial charge in [0.15, 0.2) is 0 Å². The van der Waals surface area contributed by atoms with Crippen molar-refractivity contribution in [2.24, 2.45) is 0 Å². The Morgan fingerprint density at radius 2 is 1.68 bits per heavy atom. The fourth-order valence-electron chi connectivity index (χ4n) is 1.38. The molecular formula is C11H13F3O6S2. The van der Waals surface area contributed by atoms with Crippen LogP contribution < -0.4 is 0 Å². The zero-order valence-electron chi connectivity index (χ0n) is 11.5. The second-order valence-corrected chi connectivity index (χ2v) is 7.46. The molecule has 1 aromatic rings. The van der Waals surface area contributed by atoms with Crippen molar-refractivity contribution < 1.29 is 38.4 Å². The van der Waals surface area contributed by atoms with E-state index in [9.17, 15) is 30.0 Å². The third kappa shape index (κ3) is 4.66. The van der Waals surface area contributed by atoms with Crippen molar-refractivity contribution in [3.8, 4) is 0 Å². The van der Waals surface area contributed by atoms with E-state index in [2.05, 4.69) is 8.37 Å². The maximum Gasteiger partial charge on any atom is 0.523 e. The van der Waals surface area contributed by atoms with Gasteiger partial charge in [0.2, 0.25) is 0 Å². The summed E-state index contributed by atoms with van der Waals surface area (Å²) in [5.74, 6) is 0. The van der Waals surface area contributed by atoms with Crippen molar-refractivity contribution >= 4 is 20.2 Å². The molecule has 0 radical (unpaired) electrons. The molecule has 126 valence electrons. The normalized spacial score (nSPS) is 14.8. The third-order valence-electron chi connectivity index (χ3n) is 2.40. The average Bonchev–Trinajstić information content (AvgIpc) is 2.35. The molecule has 1 aromatic carbocycles. The predicted molar refractivity (Wildman–Crippen MR) is 69.8 cm³/mol. The molecule has 0 aliphatic carbocycles. The molecule has 0 saturated heterocycles. The van der Waals surface area contributed by atoms with Crippen molar-refractivity contribution in [1.29, 1.82) is 0 Å². The van der Waals surface area contributed by atoms with Crippen LogP contribution in [0.1, 0.15) is 12.5 Å². The van der Waals surface area contributed by atoms with Crippen LogP contribution in [-0.4, -0.2) is 35.1 Å². The van der Waals surface area contributed by atoms with Crippen LogP contribution in [0.5, 0.6) is 0 Å². The SMILES string of the molecule is Cc1ccccc1S(=O)(=O)OCC(C)OS(=O)(=O)C(F)(F)F. The fraction of sp³-hybridized carbons (Fsp3) is 0.455. The minimum atomic E-state index is -5.81. The number of alkyl halides is 3. The van der Waals surface area contributed by atoms with Gasteiger partial charge in [-0.25, -0.2) is 0 Å². The molecule has 1 atom stereocenters. The maximum absolute atomic E-state index is 12.1. The van der Waals surface area contributed by atoms with Crippen molar-refractivity contribution in [3.63, 3.8) is 0 Å². The van der Waals surface area contributed by atoms with Crippen LogP contribution >= 0.6 is 0 Å². The van der Waals surface area contributed by atoms with E-state index in [1.54, 1.807) is 6.07 Å². The van der Waals surface area contributed by atoms with Crippen molar-refractivity contribution in [2.45, 2.75) is 30.4 Å². The van der Waals surface area contributed by atoms with E-state index in [4.69, 9.17) is 0 Å². The van der Waals surface area contributed by atoms with Crippen molar-refractivity contribution in [1.82, 2.24) is 0 Å². The summed E-state index contributed by atoms with van der Waals surface area (Å²) in [4.78, 5) is -0.166. The predicted octanol–water partition coefficient (Wildman–Crippen LogP) is 1.96. The monoisotopic (exact) mass is 362 g/mol. The first-order valence-corrected chi connectivity index (χ1v) is 8.63. The molecule has 0 spiro atoms. The second kappa shape index (κ2) is 6.52. The Hall–Kier alpha value is -1.17. The molecule has 6 nitrogen and oxygen atoms in total. The topological polar surface area (TPSA) is 86.7 Å². The van der Waals surface area contributed by atoms with Crippen LogP contribution in [0.3, 0.4) is 0 Å². The molecule has 0 heterocycles. The lowest BCUT2D eigenvalue weighted by atomic mass is 10.2. The van der Waals surface area contributed by atoms with Gasteiger partial charge in [0.25, 0.3) is 10.1 Å². The molecule has 0 aliphatic rings. The molecule has 11 heteroatoms. The highest BCUT2D eigenvalue weighted by Crippen LogP contribution is 2.26. The largest absolute Gasteiger partial charge is 0.523 e. The Bertz CT molecular complexity index is 724. The second-order valence-electron chi connectivity index (χ2n) is 4.31. The van der Waals surface area contributed by atoms with Crippen LogP contribution in [0.25, 0.3) is 0 Å². The highest BCUT2D eigenvalue weighted by Gasteiger charge is 2.48. The van der Waals surface area contributed by atoms with E-state index >= 15 is 0 Å². The van der Waals surface area contributed by atoms with Gasteiger partial charge in [0.1, 0.15) is 0 Å². The first-order chi connectivity index (χ1) is 9.87. The van der Waals surface area contributed by atoms with Crippen LogP contribution in [0.2, 0.25) is 0 Å². The average molecular weight is 362 g/mol. The van der Waals surface area contributed by atoms with E-state index in [0.29, 0.717) is 5.56 Å². The molecule has 1 rings (SSSR count). The zero-order valence-corrected chi connectivity index (χ0v) is 13.1. The Morgan fingerprint density at radius 3 is 2.18 bits per heavy atom. The highest BCUT2D eigenvalue weighted by molar-refractivity contribution is 7.87. The van der Waals surface area contributed by atoms with Gasteiger partial charge >= 0.3 is 15.6 Å². The quantitative estimate of drug-likeness (QED) is 0.568. The number of aryl methyl sites for hydroxylation is 1. The summed E-state index contributed by atoms with van der Waals surface area (Å²) in [5, 5.41) is 0. The molecule has 0 aromatic heterocycles. The Morgan fingerprint density at radius 1 is 1.14 bits per heavy atom. The van der Waals surface area contributed by atoms with Crippen LogP contribution in [0, 0.1) is 6.92 Å². The Labute approximate surface area is 126 Å². The molecule has 0 amide bonds. The Balaban J connectivity index is 2.76. The van der Waals surface area contributed by atoms with Gasteiger partial charge in [0.05, 0.1) is 17.6 Å². The van der Waals surface area contributed by atoms with Gasteiger partial charge in [-0.3, -0.25) is 8.37 Å². The molecular weight excluding hydrogens is 349 g/mol. The molecule has 22 heavy (non-hydrogen) atoms. The van der Waals surface area contributed by atoms with E-state index in [1.807, 2.05) is 0 Å². The van der Waals surface area contributed by atoms with Crippen LogP contribution in [-0.2, 0) is 28.6 Å². The minimum absolute atomic E-state index is 0.166. The van der Waals surface area contributed by atoms with Crippen molar-refractivity contribution in [3.05, 3.63) is 29.8 Å². The first-order valence-electron chi connectivity index (χ1n) is 5.81. The Kier molecular flexibility index (Phi) is 5.60. The number of hydrogen-bond acceptors (Lipinski definition) is 6. The lowest BCUT2D eigenvalue weighted by Gasteiger charge is -2.15. The van der Waals surface area contributed by atoms with Gasteiger partial charge in [-0.1, -0.05) is 18.2 Å². The molecule has 0 saturated carbocycles. The molecule has 0 bridgehead atoms. The third-order valence-corrected chi connectivity index (χ3v) is 4.99. The summed E-state index contributed by atoms with van der Waals surface area (Å²) in [5.41, 5.74) is -5.21. The highest BCUT2D eigenvalue weighted by atomic mass is 32.2. The number of halogens is 3. The van der Waals surface area contributed by atoms with E-state index in [0.717, 1.165) is 6.92 Å². The van der Waals surface area contributed by atoms with Crippen LogP contribution in [0.15, 0.2) is 29.2 Å². The lowest BCUT2D eigenvalue weighted by molar-refractivity contribution is -0.0578. The number of benzene rings is 1. The smallest absolute Gasteiger partial charge is 0.264 e. The zero-order chi connectivity index (χ0) is 17.2. The standard InChI is InChI=1S/C11H13F3O6S2/c1-8-5-3-4-6-10(8)21(15,16)19-7-9(2)20-22(17,18)11(12,13)14/h3-6,9H,7H2,1-2H3. The van der Waals surface area contributed by atoms with E-state index in [-0.39, 0.29) is 4.90 Å². The molecule has 0 fully saturated rings. The van der Waals surface area contributed by atoms with Crippen LogP contribution in [0.4, 0.5) is 13.2 Å². The molecule has 0 aliphatic heterocycles. The fourth-order valence-corrected chi connectivity index (χ4v) is 3.19. The number of hydrogen-bond donors (Lipinski definition) is 0. The van der Waals surface area contributed by atoms with Gasteiger partial charge in [-0.15, -0.1) is 0 Å².